The number of aryl methyl sites for hydroxylation is 1. The molecular formula is C23H29N3OS. The molecule has 0 saturated carbocycles. The smallest absolute Gasteiger partial charge is 0.224 e. The number of nitrogens with zero attached hydrogens (tertiary/aromatic N) is 1. The number of imidazole rings is 1. The van der Waals surface area contributed by atoms with Crippen LogP contribution in [-0.4, -0.2) is 21.6 Å². The molecule has 1 amide bonds. The van der Waals surface area contributed by atoms with Gasteiger partial charge in [-0.05, 0) is 48.9 Å². The highest BCUT2D eigenvalue weighted by Gasteiger charge is 2.11. The number of nitrogens with one attached hydrogen (secondary N) is 2. The van der Waals surface area contributed by atoms with E-state index >= 15 is 0 Å². The first-order chi connectivity index (χ1) is 13.5. The molecule has 2 aromatic carbocycles. The van der Waals surface area contributed by atoms with Crippen molar-refractivity contribution in [2.24, 2.45) is 0 Å². The number of carbonyl (C=O) groups excluding carboxylic acids is 1. The van der Waals surface area contributed by atoms with Gasteiger partial charge < -0.3 is 10.3 Å². The zero-order valence-electron chi connectivity index (χ0n) is 16.9. The number of rotatable bonds is 9. The van der Waals surface area contributed by atoms with Crippen LogP contribution < -0.4 is 5.32 Å². The van der Waals surface area contributed by atoms with E-state index in [-0.39, 0.29) is 5.91 Å². The Morgan fingerprint density at radius 2 is 1.93 bits per heavy atom. The molecule has 0 aliphatic heterocycles. The van der Waals surface area contributed by atoms with Crippen LogP contribution in [0, 0.1) is 6.92 Å². The van der Waals surface area contributed by atoms with Crippen molar-refractivity contribution >= 4 is 34.4 Å². The monoisotopic (exact) mass is 395 g/mol. The minimum Gasteiger partial charge on any atom is -0.333 e. The van der Waals surface area contributed by atoms with Gasteiger partial charge in [0, 0.05) is 17.9 Å². The lowest BCUT2D eigenvalue weighted by Gasteiger charge is -2.16. The van der Waals surface area contributed by atoms with Gasteiger partial charge in [-0.1, -0.05) is 62.4 Å². The molecule has 0 radical (unpaired) electrons. The van der Waals surface area contributed by atoms with Gasteiger partial charge in [0.05, 0.1) is 11.0 Å². The van der Waals surface area contributed by atoms with Gasteiger partial charge in [0.1, 0.15) is 0 Å². The fourth-order valence-corrected chi connectivity index (χ4v) is 4.16. The molecule has 2 N–H and O–H groups in total. The number of fused-ring (bicyclic) bond motifs is 1. The van der Waals surface area contributed by atoms with Gasteiger partial charge in [-0.15, -0.1) is 0 Å². The lowest BCUT2D eigenvalue weighted by Crippen LogP contribution is -2.14. The van der Waals surface area contributed by atoms with Gasteiger partial charge >= 0.3 is 0 Å². The standard InChI is InChI=1S/C23H29N3OS/c1-16(2)18-11-9-10-17(3)22(18)26-21(27)14-5-4-8-15-28-23-24-19-12-6-7-13-20(19)25-23/h6-7,9-13,16H,4-5,8,14-15H2,1-3H3,(H,24,25)(H,26,27). The molecule has 0 bridgehead atoms. The van der Waals surface area contributed by atoms with Crippen molar-refractivity contribution in [1.29, 1.82) is 0 Å². The minimum atomic E-state index is 0.112. The van der Waals surface area contributed by atoms with E-state index in [4.69, 9.17) is 0 Å². The Balaban J connectivity index is 1.38. The molecule has 1 aromatic heterocycles. The van der Waals surface area contributed by atoms with Crippen molar-refractivity contribution in [1.82, 2.24) is 9.97 Å². The summed E-state index contributed by atoms with van der Waals surface area (Å²) in [4.78, 5) is 20.3. The number of anilines is 1. The van der Waals surface area contributed by atoms with E-state index in [1.165, 1.54) is 5.56 Å². The van der Waals surface area contributed by atoms with Gasteiger partial charge in [0.2, 0.25) is 5.91 Å². The van der Waals surface area contributed by atoms with E-state index in [0.717, 1.165) is 52.5 Å². The van der Waals surface area contributed by atoms with Crippen LogP contribution in [-0.2, 0) is 4.79 Å². The van der Waals surface area contributed by atoms with Gasteiger partial charge in [-0.2, -0.15) is 0 Å². The number of H-pyrrole nitrogens is 1. The fourth-order valence-electron chi connectivity index (χ4n) is 3.28. The summed E-state index contributed by atoms with van der Waals surface area (Å²) in [6, 6.07) is 14.3. The summed E-state index contributed by atoms with van der Waals surface area (Å²) < 4.78 is 0. The number of aromatic nitrogens is 2. The maximum absolute atomic E-state index is 12.4. The van der Waals surface area contributed by atoms with Gasteiger partial charge in [-0.25, -0.2) is 4.98 Å². The van der Waals surface area contributed by atoms with E-state index in [9.17, 15) is 4.79 Å². The number of hydrogen-bond acceptors (Lipinski definition) is 3. The fraction of sp³-hybridized carbons (Fsp3) is 0.391. The molecule has 0 fully saturated rings. The van der Waals surface area contributed by atoms with Crippen molar-refractivity contribution in [2.45, 2.75) is 57.5 Å². The Morgan fingerprint density at radius 3 is 2.71 bits per heavy atom. The van der Waals surface area contributed by atoms with Crippen LogP contribution in [0.25, 0.3) is 11.0 Å². The lowest BCUT2D eigenvalue weighted by atomic mass is 9.98. The third-order valence-electron chi connectivity index (χ3n) is 4.85. The molecule has 3 rings (SSSR count). The molecule has 1 heterocycles. The molecule has 28 heavy (non-hydrogen) atoms. The van der Waals surface area contributed by atoms with Crippen LogP contribution >= 0.6 is 11.8 Å². The van der Waals surface area contributed by atoms with Crippen LogP contribution in [0.4, 0.5) is 5.69 Å². The molecule has 3 aromatic rings. The molecule has 5 heteroatoms. The number of thioether (sulfide) groups is 1. The minimum absolute atomic E-state index is 0.112. The highest BCUT2D eigenvalue weighted by Crippen LogP contribution is 2.27. The molecular weight excluding hydrogens is 366 g/mol. The molecule has 0 aliphatic rings. The van der Waals surface area contributed by atoms with Crippen LogP contribution in [0.5, 0.6) is 0 Å². The average Bonchev–Trinajstić information content (AvgIpc) is 3.08. The molecule has 148 valence electrons. The maximum atomic E-state index is 12.4. The lowest BCUT2D eigenvalue weighted by molar-refractivity contribution is -0.116. The van der Waals surface area contributed by atoms with Gasteiger partial charge in [0.25, 0.3) is 0 Å². The Hall–Kier alpha value is -2.27. The van der Waals surface area contributed by atoms with Crippen LogP contribution in [0.3, 0.4) is 0 Å². The summed E-state index contributed by atoms with van der Waals surface area (Å²) in [6.07, 6.45) is 3.61. The number of amides is 1. The largest absolute Gasteiger partial charge is 0.333 e. The topological polar surface area (TPSA) is 57.8 Å². The molecule has 0 spiro atoms. The molecule has 0 atom stereocenters. The average molecular weight is 396 g/mol. The second kappa shape index (κ2) is 9.78. The van der Waals surface area contributed by atoms with E-state index in [2.05, 4.69) is 54.3 Å². The predicted octanol–water partition coefficient (Wildman–Crippen LogP) is 6.29. The quantitative estimate of drug-likeness (QED) is 0.331. The van der Waals surface area contributed by atoms with Gasteiger partial charge in [0.15, 0.2) is 5.16 Å². The summed E-state index contributed by atoms with van der Waals surface area (Å²) in [7, 11) is 0. The van der Waals surface area contributed by atoms with E-state index in [1.807, 2.05) is 24.3 Å². The Morgan fingerprint density at radius 1 is 1.11 bits per heavy atom. The second-order valence-electron chi connectivity index (χ2n) is 7.46. The molecule has 0 unspecified atom stereocenters. The van der Waals surface area contributed by atoms with E-state index in [1.54, 1.807) is 11.8 Å². The highest BCUT2D eigenvalue weighted by molar-refractivity contribution is 7.99. The summed E-state index contributed by atoms with van der Waals surface area (Å²) >= 11 is 1.75. The molecule has 0 aliphatic carbocycles. The number of benzene rings is 2. The Kier molecular flexibility index (Phi) is 7.15. The summed E-state index contributed by atoms with van der Waals surface area (Å²) in [6.45, 7) is 6.37. The van der Waals surface area contributed by atoms with Crippen molar-refractivity contribution < 1.29 is 4.79 Å². The molecule has 4 nitrogen and oxygen atoms in total. The summed E-state index contributed by atoms with van der Waals surface area (Å²) in [5.41, 5.74) is 5.41. The predicted molar refractivity (Wildman–Crippen MR) is 119 cm³/mol. The Labute approximate surface area is 171 Å². The number of hydrogen-bond donors (Lipinski definition) is 2. The second-order valence-corrected chi connectivity index (χ2v) is 8.54. The highest BCUT2D eigenvalue weighted by atomic mass is 32.2. The van der Waals surface area contributed by atoms with Gasteiger partial charge in [-0.3, -0.25) is 4.79 Å². The number of para-hydroxylation sites is 3. The van der Waals surface area contributed by atoms with Crippen LogP contribution in [0.15, 0.2) is 47.6 Å². The molecule has 0 saturated heterocycles. The van der Waals surface area contributed by atoms with Crippen molar-refractivity contribution in [3.63, 3.8) is 0 Å². The summed E-state index contributed by atoms with van der Waals surface area (Å²) in [5, 5.41) is 4.10. The van der Waals surface area contributed by atoms with Crippen LogP contribution in [0.1, 0.15) is 56.6 Å². The third-order valence-corrected chi connectivity index (χ3v) is 5.81. The normalized spacial score (nSPS) is 11.3. The Bertz CT molecular complexity index is 899. The number of carbonyl (C=O) groups is 1. The van der Waals surface area contributed by atoms with E-state index < -0.39 is 0 Å². The van der Waals surface area contributed by atoms with Crippen molar-refractivity contribution in [3.8, 4) is 0 Å². The third kappa shape index (κ3) is 5.38. The van der Waals surface area contributed by atoms with E-state index in [0.29, 0.717) is 12.3 Å². The van der Waals surface area contributed by atoms with Crippen molar-refractivity contribution in [2.75, 3.05) is 11.1 Å². The summed E-state index contributed by atoms with van der Waals surface area (Å²) in [5.74, 6) is 1.52. The first kappa shape index (κ1) is 20.5. The maximum Gasteiger partial charge on any atom is 0.224 e. The first-order valence-corrected chi connectivity index (χ1v) is 11.0. The zero-order chi connectivity index (χ0) is 19.9. The van der Waals surface area contributed by atoms with Crippen LogP contribution in [0.2, 0.25) is 0 Å². The number of unbranched alkanes of at least 4 members (excludes halogenated alkanes) is 2. The number of aromatic amines is 1. The van der Waals surface area contributed by atoms with Crippen molar-refractivity contribution in [3.05, 3.63) is 53.6 Å². The first-order valence-electron chi connectivity index (χ1n) is 10.0. The zero-order valence-corrected chi connectivity index (χ0v) is 17.7. The SMILES string of the molecule is Cc1cccc(C(C)C)c1NC(=O)CCCCCSc1nc2ccccc2[nH]1.